The van der Waals surface area contributed by atoms with Crippen LogP contribution in [0.1, 0.15) is 18.5 Å². The van der Waals surface area contributed by atoms with E-state index < -0.39 is 0 Å². The van der Waals surface area contributed by atoms with Crippen molar-refractivity contribution in [2.75, 3.05) is 25.0 Å². The highest BCUT2D eigenvalue weighted by Crippen LogP contribution is 2.13. The van der Waals surface area contributed by atoms with Gasteiger partial charge in [0.1, 0.15) is 5.82 Å². The SMILES string of the molecule is Cc1cc(NCCC2CCNC2)n(C)n1. The molecule has 1 atom stereocenters. The minimum Gasteiger partial charge on any atom is -0.370 e. The van der Waals surface area contributed by atoms with Crippen molar-refractivity contribution in [1.29, 1.82) is 0 Å². The molecule has 1 aromatic heterocycles. The lowest BCUT2D eigenvalue weighted by molar-refractivity contribution is 0.547. The molecule has 0 bridgehead atoms. The highest BCUT2D eigenvalue weighted by atomic mass is 15.3. The second-order valence-corrected chi connectivity index (χ2v) is 4.37. The van der Waals surface area contributed by atoms with Gasteiger partial charge in [0.25, 0.3) is 0 Å². The lowest BCUT2D eigenvalue weighted by Crippen LogP contribution is -2.13. The Kier molecular flexibility index (Phi) is 3.26. The largest absolute Gasteiger partial charge is 0.370 e. The van der Waals surface area contributed by atoms with E-state index in [1.165, 1.54) is 25.9 Å². The molecule has 2 rings (SSSR count). The van der Waals surface area contributed by atoms with Gasteiger partial charge in [-0.3, -0.25) is 4.68 Å². The van der Waals surface area contributed by atoms with Crippen LogP contribution in [0.4, 0.5) is 5.82 Å². The van der Waals surface area contributed by atoms with Crippen LogP contribution in [-0.4, -0.2) is 29.4 Å². The van der Waals surface area contributed by atoms with Gasteiger partial charge in [0, 0.05) is 19.7 Å². The Hall–Kier alpha value is -1.03. The van der Waals surface area contributed by atoms with Crippen LogP contribution in [-0.2, 0) is 7.05 Å². The maximum absolute atomic E-state index is 4.30. The van der Waals surface area contributed by atoms with Gasteiger partial charge in [-0.15, -0.1) is 0 Å². The number of hydrogen-bond acceptors (Lipinski definition) is 3. The molecule has 2 heterocycles. The zero-order chi connectivity index (χ0) is 10.7. The van der Waals surface area contributed by atoms with E-state index in [9.17, 15) is 0 Å². The van der Waals surface area contributed by atoms with Gasteiger partial charge in [-0.05, 0) is 38.8 Å². The molecule has 15 heavy (non-hydrogen) atoms. The van der Waals surface area contributed by atoms with Crippen molar-refractivity contribution in [1.82, 2.24) is 15.1 Å². The number of aromatic nitrogens is 2. The summed E-state index contributed by atoms with van der Waals surface area (Å²) in [5.41, 5.74) is 1.07. The van der Waals surface area contributed by atoms with Crippen LogP contribution in [0.15, 0.2) is 6.07 Å². The molecule has 0 amide bonds. The molecule has 1 saturated heterocycles. The summed E-state index contributed by atoms with van der Waals surface area (Å²) < 4.78 is 1.90. The van der Waals surface area contributed by atoms with E-state index in [1.807, 2.05) is 18.7 Å². The van der Waals surface area contributed by atoms with E-state index in [4.69, 9.17) is 0 Å². The predicted octanol–water partition coefficient (Wildman–Crippen LogP) is 1.14. The summed E-state index contributed by atoms with van der Waals surface area (Å²) in [5.74, 6) is 1.98. The minimum atomic E-state index is 0.854. The molecule has 4 heteroatoms. The standard InChI is InChI=1S/C11H20N4/c1-9-7-11(15(2)14-9)13-6-4-10-3-5-12-8-10/h7,10,12-13H,3-6,8H2,1-2H3. The molecule has 0 radical (unpaired) electrons. The fourth-order valence-corrected chi connectivity index (χ4v) is 2.14. The van der Waals surface area contributed by atoms with Gasteiger partial charge in [-0.25, -0.2) is 0 Å². The second kappa shape index (κ2) is 4.66. The van der Waals surface area contributed by atoms with E-state index in [-0.39, 0.29) is 0 Å². The average molecular weight is 208 g/mol. The molecule has 0 aromatic carbocycles. The van der Waals surface area contributed by atoms with Crippen LogP contribution < -0.4 is 10.6 Å². The third kappa shape index (κ3) is 2.72. The molecule has 1 unspecified atom stereocenters. The van der Waals surface area contributed by atoms with Gasteiger partial charge in [0.2, 0.25) is 0 Å². The molecule has 84 valence electrons. The topological polar surface area (TPSA) is 41.9 Å². The molecule has 1 aliphatic rings. The average Bonchev–Trinajstić information content (AvgIpc) is 2.77. The monoisotopic (exact) mass is 208 g/mol. The molecule has 0 aliphatic carbocycles. The van der Waals surface area contributed by atoms with Gasteiger partial charge < -0.3 is 10.6 Å². The number of nitrogens with zero attached hydrogens (tertiary/aromatic N) is 2. The summed E-state index contributed by atoms with van der Waals surface area (Å²) >= 11 is 0. The zero-order valence-electron chi connectivity index (χ0n) is 9.58. The van der Waals surface area contributed by atoms with Gasteiger partial charge in [0.15, 0.2) is 0 Å². The van der Waals surface area contributed by atoms with Gasteiger partial charge in [-0.2, -0.15) is 5.10 Å². The van der Waals surface area contributed by atoms with Crippen molar-refractivity contribution in [2.24, 2.45) is 13.0 Å². The first-order chi connectivity index (χ1) is 7.25. The fraction of sp³-hybridized carbons (Fsp3) is 0.727. The number of nitrogens with one attached hydrogen (secondary N) is 2. The second-order valence-electron chi connectivity index (χ2n) is 4.37. The number of hydrogen-bond donors (Lipinski definition) is 2. The Morgan fingerprint density at radius 2 is 2.53 bits per heavy atom. The Morgan fingerprint density at radius 1 is 1.67 bits per heavy atom. The lowest BCUT2D eigenvalue weighted by atomic mass is 10.1. The van der Waals surface area contributed by atoms with Crippen molar-refractivity contribution in [3.63, 3.8) is 0 Å². The highest BCUT2D eigenvalue weighted by Gasteiger charge is 2.13. The Morgan fingerprint density at radius 3 is 3.13 bits per heavy atom. The number of rotatable bonds is 4. The van der Waals surface area contributed by atoms with Crippen molar-refractivity contribution in [3.05, 3.63) is 11.8 Å². The summed E-state index contributed by atoms with van der Waals surface area (Å²) in [7, 11) is 1.98. The molecule has 0 saturated carbocycles. The number of anilines is 1. The summed E-state index contributed by atoms with van der Waals surface area (Å²) in [4.78, 5) is 0. The predicted molar refractivity (Wildman–Crippen MR) is 62.0 cm³/mol. The van der Waals surface area contributed by atoms with E-state index in [1.54, 1.807) is 0 Å². The van der Waals surface area contributed by atoms with Crippen LogP contribution >= 0.6 is 0 Å². The van der Waals surface area contributed by atoms with Gasteiger partial charge in [0.05, 0.1) is 5.69 Å². The fourth-order valence-electron chi connectivity index (χ4n) is 2.14. The Bertz CT molecular complexity index is 312. The molecule has 1 fully saturated rings. The molecule has 0 spiro atoms. The normalized spacial score (nSPS) is 20.8. The van der Waals surface area contributed by atoms with Crippen LogP contribution in [0.3, 0.4) is 0 Å². The van der Waals surface area contributed by atoms with Gasteiger partial charge >= 0.3 is 0 Å². The van der Waals surface area contributed by atoms with Gasteiger partial charge in [-0.1, -0.05) is 0 Å². The van der Waals surface area contributed by atoms with E-state index >= 15 is 0 Å². The lowest BCUT2D eigenvalue weighted by Gasteiger charge is -2.09. The third-order valence-corrected chi connectivity index (χ3v) is 3.02. The maximum Gasteiger partial charge on any atom is 0.124 e. The smallest absolute Gasteiger partial charge is 0.124 e. The first-order valence-corrected chi connectivity index (χ1v) is 5.71. The van der Waals surface area contributed by atoms with Crippen LogP contribution in [0.5, 0.6) is 0 Å². The third-order valence-electron chi connectivity index (χ3n) is 3.02. The maximum atomic E-state index is 4.30. The number of aryl methyl sites for hydroxylation is 2. The van der Waals surface area contributed by atoms with Crippen LogP contribution in [0.25, 0.3) is 0 Å². The summed E-state index contributed by atoms with van der Waals surface area (Å²) in [6.45, 7) is 5.44. The van der Waals surface area contributed by atoms with Crippen molar-refractivity contribution in [3.8, 4) is 0 Å². The quantitative estimate of drug-likeness (QED) is 0.779. The van der Waals surface area contributed by atoms with E-state index in [2.05, 4.69) is 21.8 Å². The molecule has 1 aliphatic heterocycles. The van der Waals surface area contributed by atoms with E-state index in [0.29, 0.717) is 0 Å². The molecule has 4 nitrogen and oxygen atoms in total. The van der Waals surface area contributed by atoms with Crippen LogP contribution in [0.2, 0.25) is 0 Å². The van der Waals surface area contributed by atoms with Crippen molar-refractivity contribution >= 4 is 5.82 Å². The molecular weight excluding hydrogens is 188 g/mol. The molecule has 2 N–H and O–H groups in total. The van der Waals surface area contributed by atoms with E-state index in [0.717, 1.165) is 24.0 Å². The summed E-state index contributed by atoms with van der Waals surface area (Å²) in [6, 6.07) is 2.09. The van der Waals surface area contributed by atoms with Crippen molar-refractivity contribution < 1.29 is 0 Å². The first-order valence-electron chi connectivity index (χ1n) is 5.71. The Labute approximate surface area is 91.1 Å². The molecular formula is C11H20N4. The summed E-state index contributed by atoms with van der Waals surface area (Å²) in [6.07, 6.45) is 2.57. The minimum absolute atomic E-state index is 0.854. The first kappa shape index (κ1) is 10.5. The Balaban J connectivity index is 1.75. The zero-order valence-corrected chi connectivity index (χ0v) is 9.58. The molecule has 1 aromatic rings. The van der Waals surface area contributed by atoms with Crippen molar-refractivity contribution in [2.45, 2.75) is 19.8 Å². The van der Waals surface area contributed by atoms with Crippen LogP contribution in [0, 0.1) is 12.8 Å². The highest BCUT2D eigenvalue weighted by molar-refractivity contribution is 5.36. The summed E-state index contributed by atoms with van der Waals surface area (Å²) in [5, 5.41) is 11.1.